The summed E-state index contributed by atoms with van der Waals surface area (Å²) in [4.78, 5) is 31.3. The molecule has 4 fully saturated rings. The molecule has 7 rings (SSSR count). The summed E-state index contributed by atoms with van der Waals surface area (Å²) < 4.78 is 0. The number of nitrogens with one attached hydrogen (secondary N) is 1. The predicted molar refractivity (Wildman–Crippen MR) is 163 cm³/mol. The summed E-state index contributed by atoms with van der Waals surface area (Å²) in [6.07, 6.45) is 12.0. The van der Waals surface area contributed by atoms with Crippen LogP contribution in [0.1, 0.15) is 135 Å². The average molecular weight is 557 g/mol. The molecule has 6 aliphatic rings. The first-order valence-corrected chi connectivity index (χ1v) is 16.6. The highest BCUT2D eigenvalue weighted by molar-refractivity contribution is 6.00. The molecule has 0 bridgehead atoms. The number of aryl methyl sites for hydroxylation is 1. The molecule has 1 spiro atoms. The van der Waals surface area contributed by atoms with Crippen LogP contribution < -0.4 is 5.32 Å². The molecule has 5 aliphatic carbocycles. The van der Waals surface area contributed by atoms with Crippen LogP contribution in [-0.4, -0.2) is 16.7 Å². The van der Waals surface area contributed by atoms with Crippen molar-refractivity contribution < 1.29 is 9.59 Å². The number of carbonyl (C=O) groups is 2. The number of aromatic nitrogens is 1. The number of hydrogen-bond donors (Lipinski definition) is 1. The zero-order chi connectivity index (χ0) is 29.5. The number of ketones is 1. The number of fused-ring (bicyclic) bond motifs is 9. The molecule has 0 radical (unpaired) electrons. The maximum Gasteiger partial charge on any atom is 0.270 e. The molecule has 41 heavy (non-hydrogen) atoms. The molecule has 1 N–H and O–H groups in total. The maximum absolute atomic E-state index is 13.4. The molecular formula is C37H52N2O2. The number of hydrogen-bond acceptors (Lipinski definition) is 3. The Balaban J connectivity index is 1.29. The third-order valence-electron chi connectivity index (χ3n) is 15.1. The van der Waals surface area contributed by atoms with Crippen LogP contribution in [0.25, 0.3) is 0 Å². The van der Waals surface area contributed by atoms with Crippen LogP contribution in [0, 0.1) is 57.7 Å². The van der Waals surface area contributed by atoms with E-state index in [-0.39, 0.29) is 38.5 Å². The molecule has 1 amide bonds. The molecule has 0 saturated heterocycles. The van der Waals surface area contributed by atoms with Gasteiger partial charge in [0.1, 0.15) is 5.69 Å². The molecule has 8 atom stereocenters. The molecule has 1 aromatic heterocycles. The molecule has 1 aromatic rings. The fraction of sp³-hybridized carbons (Fsp3) is 0.757. The van der Waals surface area contributed by atoms with Gasteiger partial charge in [-0.1, -0.05) is 61.0 Å². The second-order valence-corrected chi connectivity index (χ2v) is 17.2. The van der Waals surface area contributed by atoms with Crippen LogP contribution in [0.5, 0.6) is 0 Å². The topological polar surface area (TPSA) is 59.1 Å². The van der Waals surface area contributed by atoms with Crippen LogP contribution in [0.3, 0.4) is 0 Å². The second kappa shape index (κ2) is 8.14. The van der Waals surface area contributed by atoms with Gasteiger partial charge in [-0.05, 0) is 126 Å². The summed E-state index contributed by atoms with van der Waals surface area (Å²) in [7, 11) is 0. The molecule has 1 unspecified atom stereocenters. The van der Waals surface area contributed by atoms with Crippen molar-refractivity contribution in [3.63, 3.8) is 0 Å². The maximum atomic E-state index is 13.4. The fourth-order valence-electron chi connectivity index (χ4n) is 13.0. The summed E-state index contributed by atoms with van der Waals surface area (Å²) in [5, 5.41) is 3.55. The van der Waals surface area contributed by atoms with Crippen LogP contribution in [0.4, 0.5) is 0 Å². The highest BCUT2D eigenvalue weighted by Crippen LogP contribution is 2.78. The smallest absolute Gasteiger partial charge is 0.270 e. The number of Topliss-reactive ketones (excluding diaryl/α,β-unsaturated/α-hetero) is 1. The standard InChI is InChI=1S/C37H52N2O2/c1-21(2)28-25(40)19-33(6)14-16-35(8)23(29(28)33)10-11-27-34(7)15-17-37(32(4,5)26(34)12-13-36(27,35)9)24-18-22(3)20-38-30(24)31(41)39-37/h18,20-21,23,26-27H,10-17,19H2,1-9H3,(H,39,41)/t23-,26+,27-,33+,34+,35-,36-,37?/m1/s1. The molecule has 4 saturated carbocycles. The number of pyridine rings is 1. The first-order chi connectivity index (χ1) is 19.1. The van der Waals surface area contributed by atoms with Gasteiger partial charge in [-0.3, -0.25) is 14.6 Å². The van der Waals surface area contributed by atoms with Crippen molar-refractivity contribution in [1.82, 2.24) is 10.3 Å². The van der Waals surface area contributed by atoms with Gasteiger partial charge in [0.2, 0.25) is 0 Å². The summed E-state index contributed by atoms with van der Waals surface area (Å²) in [6, 6.07) is 2.24. The Morgan fingerprint density at radius 2 is 1.61 bits per heavy atom. The van der Waals surface area contributed by atoms with Crippen molar-refractivity contribution in [2.45, 2.75) is 126 Å². The number of nitrogens with zero attached hydrogens (tertiary/aromatic N) is 1. The van der Waals surface area contributed by atoms with Crippen molar-refractivity contribution in [3.8, 4) is 0 Å². The van der Waals surface area contributed by atoms with Crippen molar-refractivity contribution in [1.29, 1.82) is 0 Å². The van der Waals surface area contributed by atoms with Crippen LogP contribution in [0.2, 0.25) is 0 Å². The first-order valence-electron chi connectivity index (χ1n) is 16.6. The molecule has 4 heteroatoms. The number of carbonyl (C=O) groups excluding carboxylic acids is 2. The van der Waals surface area contributed by atoms with E-state index in [0.717, 1.165) is 36.8 Å². The van der Waals surface area contributed by atoms with Crippen LogP contribution >= 0.6 is 0 Å². The van der Waals surface area contributed by atoms with Crippen molar-refractivity contribution in [2.75, 3.05) is 0 Å². The lowest BCUT2D eigenvalue weighted by Gasteiger charge is -2.73. The summed E-state index contributed by atoms with van der Waals surface area (Å²) in [6.45, 7) is 21.8. The Labute approximate surface area is 247 Å². The Morgan fingerprint density at radius 3 is 2.32 bits per heavy atom. The third kappa shape index (κ3) is 3.11. The lowest BCUT2D eigenvalue weighted by Crippen LogP contribution is -2.68. The average Bonchev–Trinajstić information content (AvgIpc) is 3.32. The Kier molecular flexibility index (Phi) is 5.53. The monoisotopic (exact) mass is 556 g/mol. The zero-order valence-corrected chi connectivity index (χ0v) is 27.1. The van der Waals surface area contributed by atoms with Crippen LogP contribution in [0.15, 0.2) is 23.4 Å². The highest BCUT2D eigenvalue weighted by Gasteiger charge is 2.72. The van der Waals surface area contributed by atoms with E-state index in [1.165, 1.54) is 37.7 Å². The molecule has 0 aromatic carbocycles. The Hall–Kier alpha value is -1.97. The van der Waals surface area contributed by atoms with Gasteiger partial charge in [-0.2, -0.15) is 0 Å². The Morgan fingerprint density at radius 1 is 0.878 bits per heavy atom. The number of allylic oxidation sites excluding steroid dienone is 2. The van der Waals surface area contributed by atoms with E-state index in [9.17, 15) is 9.59 Å². The van der Waals surface area contributed by atoms with E-state index in [4.69, 9.17) is 0 Å². The van der Waals surface area contributed by atoms with Gasteiger partial charge in [-0.15, -0.1) is 0 Å². The quantitative estimate of drug-likeness (QED) is 0.378. The molecule has 4 nitrogen and oxygen atoms in total. The Bertz CT molecular complexity index is 1410. The molecular weight excluding hydrogens is 504 g/mol. The molecule has 2 heterocycles. The van der Waals surface area contributed by atoms with E-state index in [2.05, 4.69) is 78.7 Å². The van der Waals surface area contributed by atoms with E-state index < -0.39 is 0 Å². The van der Waals surface area contributed by atoms with E-state index in [0.29, 0.717) is 35.1 Å². The molecule has 1 aliphatic heterocycles. The summed E-state index contributed by atoms with van der Waals surface area (Å²) in [5.74, 6) is 2.48. The predicted octanol–water partition coefficient (Wildman–Crippen LogP) is 8.33. The first kappa shape index (κ1) is 27.8. The van der Waals surface area contributed by atoms with Gasteiger partial charge >= 0.3 is 0 Å². The summed E-state index contributed by atoms with van der Waals surface area (Å²) in [5.41, 5.74) is 6.05. The minimum atomic E-state index is -0.342. The normalized spacial score (nSPS) is 46.1. The SMILES string of the molecule is Cc1cnc2c(c1)C1(CC[C@]3(C)[C@H]4CC[C@@H]5C6=C(C(C)C)C(=O)C[C@]6(C)CC[C@@]5(C)[C@]4(C)CC[C@H]3C1(C)C)NC2=O. The van der Waals surface area contributed by atoms with Crippen molar-refractivity contribution in [2.24, 2.45) is 50.7 Å². The van der Waals surface area contributed by atoms with Gasteiger partial charge in [-0.25, -0.2) is 0 Å². The van der Waals surface area contributed by atoms with E-state index >= 15 is 0 Å². The fourth-order valence-corrected chi connectivity index (χ4v) is 13.0. The van der Waals surface area contributed by atoms with Gasteiger partial charge in [0, 0.05) is 18.2 Å². The van der Waals surface area contributed by atoms with E-state index in [1.807, 2.05) is 6.20 Å². The molecule has 222 valence electrons. The summed E-state index contributed by atoms with van der Waals surface area (Å²) >= 11 is 0. The third-order valence-corrected chi connectivity index (χ3v) is 15.1. The largest absolute Gasteiger partial charge is 0.341 e. The second-order valence-electron chi connectivity index (χ2n) is 17.2. The van der Waals surface area contributed by atoms with Gasteiger partial charge in [0.15, 0.2) is 5.78 Å². The zero-order valence-electron chi connectivity index (χ0n) is 27.1. The van der Waals surface area contributed by atoms with Crippen molar-refractivity contribution >= 4 is 11.7 Å². The number of rotatable bonds is 1. The minimum absolute atomic E-state index is 0.0101. The van der Waals surface area contributed by atoms with Gasteiger partial charge < -0.3 is 5.32 Å². The van der Waals surface area contributed by atoms with Crippen LogP contribution in [-0.2, 0) is 10.3 Å². The van der Waals surface area contributed by atoms with Gasteiger partial charge in [0.05, 0.1) is 5.54 Å². The van der Waals surface area contributed by atoms with E-state index in [1.54, 1.807) is 5.57 Å². The minimum Gasteiger partial charge on any atom is -0.341 e. The lowest BCUT2D eigenvalue weighted by molar-refractivity contribution is -0.226. The van der Waals surface area contributed by atoms with Crippen molar-refractivity contribution in [3.05, 3.63) is 40.2 Å². The van der Waals surface area contributed by atoms with Gasteiger partial charge in [0.25, 0.3) is 5.91 Å². The highest BCUT2D eigenvalue weighted by atomic mass is 16.2. The number of amides is 1. The lowest BCUT2D eigenvalue weighted by atomic mass is 9.32.